The van der Waals surface area contributed by atoms with Crippen molar-refractivity contribution in [2.24, 2.45) is 0 Å². The van der Waals surface area contributed by atoms with Crippen molar-refractivity contribution in [1.82, 2.24) is 4.31 Å². The molecular formula is C17H16Cl3N3O4S. The van der Waals surface area contributed by atoms with Gasteiger partial charge in [0.15, 0.2) is 0 Å². The first kappa shape index (κ1) is 21.2. The van der Waals surface area contributed by atoms with Crippen LogP contribution in [0.4, 0.5) is 16.2 Å². The summed E-state index contributed by atoms with van der Waals surface area (Å²) in [6.45, 7) is 1.21. The molecule has 7 nitrogen and oxygen atoms in total. The third-order valence-electron chi connectivity index (χ3n) is 3.97. The van der Waals surface area contributed by atoms with E-state index in [4.69, 9.17) is 39.5 Å². The average Bonchev–Trinajstić information content (AvgIpc) is 2.67. The zero-order valence-electron chi connectivity index (χ0n) is 14.4. The standard InChI is InChI=1S/C17H16Cl3N3O4S/c18-13-3-1-11(9-15(13)20)21-17(24)22-16-10-12(2-4-14(16)19)28(25,26)23-5-7-27-8-6-23/h1-4,9-10H,5-8H2,(H2,21,22,24). The molecule has 3 rings (SSSR count). The van der Waals surface area contributed by atoms with Crippen molar-refractivity contribution in [2.75, 3.05) is 36.9 Å². The molecule has 0 unspecified atom stereocenters. The van der Waals surface area contributed by atoms with E-state index in [-0.39, 0.29) is 33.7 Å². The lowest BCUT2D eigenvalue weighted by Crippen LogP contribution is -2.40. The molecule has 0 saturated carbocycles. The van der Waals surface area contributed by atoms with Gasteiger partial charge in [0, 0.05) is 18.8 Å². The maximum atomic E-state index is 12.8. The van der Waals surface area contributed by atoms with Gasteiger partial charge in [0.25, 0.3) is 0 Å². The highest BCUT2D eigenvalue weighted by atomic mass is 35.5. The van der Waals surface area contributed by atoms with Crippen LogP contribution in [-0.2, 0) is 14.8 Å². The van der Waals surface area contributed by atoms with Crippen LogP contribution in [0, 0.1) is 0 Å². The summed E-state index contributed by atoms with van der Waals surface area (Å²) in [5.41, 5.74) is 0.577. The van der Waals surface area contributed by atoms with Gasteiger partial charge in [-0.25, -0.2) is 13.2 Å². The highest BCUT2D eigenvalue weighted by Gasteiger charge is 2.27. The van der Waals surface area contributed by atoms with Gasteiger partial charge in [-0.1, -0.05) is 34.8 Å². The van der Waals surface area contributed by atoms with Crippen molar-refractivity contribution in [3.8, 4) is 0 Å². The van der Waals surface area contributed by atoms with Crippen LogP contribution >= 0.6 is 34.8 Å². The third kappa shape index (κ3) is 4.89. The van der Waals surface area contributed by atoms with Crippen molar-refractivity contribution in [2.45, 2.75) is 4.90 Å². The van der Waals surface area contributed by atoms with Crippen LogP contribution in [0.3, 0.4) is 0 Å². The molecule has 1 heterocycles. The van der Waals surface area contributed by atoms with Gasteiger partial charge in [0.05, 0.1) is 38.9 Å². The summed E-state index contributed by atoms with van der Waals surface area (Å²) in [4.78, 5) is 12.3. The Balaban J connectivity index is 1.77. The van der Waals surface area contributed by atoms with Crippen LogP contribution in [0.1, 0.15) is 0 Å². The van der Waals surface area contributed by atoms with Crippen LogP contribution in [0.25, 0.3) is 0 Å². The van der Waals surface area contributed by atoms with Crippen molar-refractivity contribution in [3.05, 3.63) is 51.5 Å². The van der Waals surface area contributed by atoms with Gasteiger partial charge in [0.1, 0.15) is 0 Å². The van der Waals surface area contributed by atoms with E-state index in [0.29, 0.717) is 23.9 Å². The lowest BCUT2D eigenvalue weighted by molar-refractivity contribution is 0.0730. The molecule has 0 aromatic heterocycles. The highest BCUT2D eigenvalue weighted by Crippen LogP contribution is 2.28. The van der Waals surface area contributed by atoms with Crippen LogP contribution in [0.15, 0.2) is 41.3 Å². The molecule has 2 N–H and O–H groups in total. The molecule has 0 bridgehead atoms. The quantitative estimate of drug-likeness (QED) is 0.706. The summed E-state index contributed by atoms with van der Waals surface area (Å²) in [6, 6.07) is 8.14. The minimum Gasteiger partial charge on any atom is -0.379 e. The number of carbonyl (C=O) groups excluding carboxylic acids is 1. The Labute approximate surface area is 177 Å². The third-order valence-corrected chi connectivity index (χ3v) is 6.93. The molecule has 11 heteroatoms. The first-order chi connectivity index (χ1) is 13.3. The van der Waals surface area contributed by atoms with E-state index in [1.165, 1.54) is 28.6 Å². The Morgan fingerprint density at radius 1 is 0.929 bits per heavy atom. The Bertz CT molecular complexity index is 995. The number of hydrogen-bond acceptors (Lipinski definition) is 4. The smallest absolute Gasteiger partial charge is 0.323 e. The minimum atomic E-state index is -3.72. The maximum Gasteiger partial charge on any atom is 0.323 e. The largest absolute Gasteiger partial charge is 0.379 e. The van der Waals surface area contributed by atoms with Crippen LogP contribution in [0.2, 0.25) is 15.1 Å². The zero-order valence-corrected chi connectivity index (χ0v) is 17.5. The van der Waals surface area contributed by atoms with Crippen LogP contribution < -0.4 is 10.6 Å². The number of urea groups is 1. The Morgan fingerprint density at radius 2 is 1.61 bits per heavy atom. The van der Waals surface area contributed by atoms with Gasteiger partial charge in [0.2, 0.25) is 10.0 Å². The number of morpholine rings is 1. The van der Waals surface area contributed by atoms with Gasteiger partial charge in [-0.3, -0.25) is 0 Å². The number of hydrogen-bond donors (Lipinski definition) is 2. The highest BCUT2D eigenvalue weighted by molar-refractivity contribution is 7.89. The molecule has 2 amide bonds. The van der Waals surface area contributed by atoms with E-state index in [0.717, 1.165) is 0 Å². The Morgan fingerprint density at radius 3 is 2.29 bits per heavy atom. The molecular weight excluding hydrogens is 449 g/mol. The van der Waals surface area contributed by atoms with E-state index >= 15 is 0 Å². The number of anilines is 2. The van der Waals surface area contributed by atoms with E-state index in [1.807, 2.05) is 0 Å². The molecule has 0 atom stereocenters. The van der Waals surface area contributed by atoms with Crippen molar-refractivity contribution in [3.63, 3.8) is 0 Å². The topological polar surface area (TPSA) is 87.7 Å². The van der Waals surface area contributed by atoms with Crippen molar-refractivity contribution < 1.29 is 17.9 Å². The molecule has 150 valence electrons. The fourth-order valence-electron chi connectivity index (χ4n) is 2.56. The molecule has 0 radical (unpaired) electrons. The number of amides is 2. The fraction of sp³-hybridized carbons (Fsp3) is 0.235. The van der Waals surface area contributed by atoms with Gasteiger partial charge < -0.3 is 15.4 Å². The van der Waals surface area contributed by atoms with Crippen LogP contribution in [-0.4, -0.2) is 45.1 Å². The maximum absolute atomic E-state index is 12.8. The SMILES string of the molecule is O=C(Nc1ccc(Cl)c(Cl)c1)Nc1cc(S(=O)(=O)N2CCOCC2)ccc1Cl. The molecule has 2 aromatic rings. The number of carbonyl (C=O) groups is 1. The summed E-state index contributed by atoms with van der Waals surface area (Å²) >= 11 is 17.9. The second-order valence-electron chi connectivity index (χ2n) is 5.87. The lowest BCUT2D eigenvalue weighted by Gasteiger charge is -2.26. The molecule has 1 fully saturated rings. The predicted molar refractivity (Wildman–Crippen MR) is 110 cm³/mol. The first-order valence-electron chi connectivity index (χ1n) is 8.18. The summed E-state index contributed by atoms with van der Waals surface area (Å²) < 4.78 is 32.1. The van der Waals surface area contributed by atoms with Crippen molar-refractivity contribution >= 4 is 62.2 Å². The van der Waals surface area contributed by atoms with Crippen molar-refractivity contribution in [1.29, 1.82) is 0 Å². The number of rotatable bonds is 4. The van der Waals surface area contributed by atoms with E-state index in [2.05, 4.69) is 10.6 Å². The number of halogens is 3. The molecule has 1 aliphatic rings. The summed E-state index contributed by atoms with van der Waals surface area (Å²) in [7, 11) is -3.72. The predicted octanol–water partition coefficient (Wildman–Crippen LogP) is 4.31. The Kier molecular flexibility index (Phi) is 6.69. The summed E-state index contributed by atoms with van der Waals surface area (Å²) in [5.74, 6) is 0. The van der Waals surface area contributed by atoms with Gasteiger partial charge in [-0.05, 0) is 36.4 Å². The number of benzene rings is 2. The molecule has 1 saturated heterocycles. The molecule has 28 heavy (non-hydrogen) atoms. The second kappa shape index (κ2) is 8.86. The Hall–Kier alpha value is -1.55. The van der Waals surface area contributed by atoms with E-state index in [1.54, 1.807) is 12.1 Å². The number of nitrogens with one attached hydrogen (secondary N) is 2. The molecule has 2 aromatic carbocycles. The second-order valence-corrected chi connectivity index (χ2v) is 9.03. The monoisotopic (exact) mass is 463 g/mol. The van der Waals surface area contributed by atoms with E-state index < -0.39 is 16.1 Å². The zero-order chi connectivity index (χ0) is 20.3. The summed E-state index contributed by atoms with van der Waals surface area (Å²) in [5, 5.41) is 5.97. The molecule has 0 aliphatic carbocycles. The first-order valence-corrected chi connectivity index (χ1v) is 10.8. The van der Waals surface area contributed by atoms with Gasteiger partial charge in [-0.15, -0.1) is 0 Å². The number of nitrogens with zero attached hydrogens (tertiary/aromatic N) is 1. The average molecular weight is 465 g/mol. The molecule has 0 spiro atoms. The summed E-state index contributed by atoms with van der Waals surface area (Å²) in [6.07, 6.45) is 0. The normalized spacial score (nSPS) is 15.2. The minimum absolute atomic E-state index is 0.0311. The van der Waals surface area contributed by atoms with Gasteiger partial charge in [-0.2, -0.15) is 4.31 Å². The van der Waals surface area contributed by atoms with Crippen LogP contribution in [0.5, 0.6) is 0 Å². The lowest BCUT2D eigenvalue weighted by atomic mass is 10.3. The van der Waals surface area contributed by atoms with E-state index in [9.17, 15) is 13.2 Å². The number of sulfonamides is 1. The van der Waals surface area contributed by atoms with Gasteiger partial charge >= 0.3 is 6.03 Å². The fourth-order valence-corrected chi connectivity index (χ4v) is 4.45. The molecule has 1 aliphatic heterocycles. The number of ether oxygens (including phenoxy) is 1.